The number of nitrogens with zero attached hydrogens (tertiary/aromatic N) is 1. The van der Waals surface area contributed by atoms with Gasteiger partial charge in [0.1, 0.15) is 0 Å². The van der Waals surface area contributed by atoms with Crippen molar-refractivity contribution < 1.29 is 14.3 Å². The van der Waals surface area contributed by atoms with Crippen LogP contribution < -0.4 is 14.8 Å². The average molecular weight is 419 g/mol. The predicted molar refractivity (Wildman–Crippen MR) is 106 cm³/mol. The van der Waals surface area contributed by atoms with Crippen LogP contribution in [-0.4, -0.2) is 38.1 Å². The Morgan fingerprint density at radius 2 is 1.85 bits per heavy atom. The highest BCUT2D eigenvalue weighted by Crippen LogP contribution is 2.33. The SMILES string of the molecule is COc1cc2c(cc1OC)CN(CC(=O)Nc1ccc(C)cc1Br)CC2. The smallest absolute Gasteiger partial charge is 0.238 e. The number of fused-ring (bicyclic) bond motifs is 1. The van der Waals surface area contributed by atoms with E-state index in [0.29, 0.717) is 6.54 Å². The normalized spacial score (nSPS) is 13.8. The molecule has 1 amide bonds. The van der Waals surface area contributed by atoms with E-state index in [1.54, 1.807) is 14.2 Å². The Balaban J connectivity index is 1.66. The molecule has 1 N–H and O–H groups in total. The lowest BCUT2D eigenvalue weighted by atomic mass is 9.99. The van der Waals surface area contributed by atoms with Crippen LogP contribution in [-0.2, 0) is 17.8 Å². The minimum Gasteiger partial charge on any atom is -0.493 e. The summed E-state index contributed by atoms with van der Waals surface area (Å²) in [6, 6.07) is 9.94. The molecule has 5 nitrogen and oxygen atoms in total. The third-order valence-electron chi connectivity index (χ3n) is 4.56. The molecule has 0 aliphatic carbocycles. The molecule has 0 unspecified atom stereocenters. The number of benzene rings is 2. The van der Waals surface area contributed by atoms with Crippen molar-refractivity contribution in [3.05, 3.63) is 51.5 Å². The van der Waals surface area contributed by atoms with Gasteiger partial charge in [-0.15, -0.1) is 0 Å². The zero-order valence-electron chi connectivity index (χ0n) is 15.3. The van der Waals surface area contributed by atoms with E-state index in [0.717, 1.165) is 46.7 Å². The molecule has 1 aliphatic rings. The molecule has 138 valence electrons. The lowest BCUT2D eigenvalue weighted by Crippen LogP contribution is -2.37. The van der Waals surface area contributed by atoms with E-state index in [-0.39, 0.29) is 5.91 Å². The number of amides is 1. The van der Waals surface area contributed by atoms with E-state index in [9.17, 15) is 4.79 Å². The zero-order chi connectivity index (χ0) is 18.7. The summed E-state index contributed by atoms with van der Waals surface area (Å²) < 4.78 is 11.7. The number of anilines is 1. The van der Waals surface area contributed by atoms with Crippen molar-refractivity contribution in [1.29, 1.82) is 0 Å². The standard InChI is InChI=1S/C20H23BrN2O3/c1-13-4-5-17(16(21)8-13)22-20(24)12-23-7-6-14-9-18(25-2)19(26-3)10-15(14)11-23/h4-5,8-10H,6-7,11-12H2,1-3H3,(H,22,24). The molecule has 0 saturated heterocycles. The van der Waals surface area contributed by atoms with Crippen molar-refractivity contribution >= 4 is 27.5 Å². The van der Waals surface area contributed by atoms with Gasteiger partial charge in [0.15, 0.2) is 11.5 Å². The lowest BCUT2D eigenvalue weighted by molar-refractivity contribution is -0.117. The quantitative estimate of drug-likeness (QED) is 0.802. The monoisotopic (exact) mass is 418 g/mol. The van der Waals surface area contributed by atoms with E-state index < -0.39 is 0 Å². The van der Waals surface area contributed by atoms with Crippen LogP contribution in [0.5, 0.6) is 11.5 Å². The van der Waals surface area contributed by atoms with Crippen LogP contribution in [0.15, 0.2) is 34.8 Å². The molecular formula is C20H23BrN2O3. The number of carbonyl (C=O) groups is 1. The maximum atomic E-state index is 12.4. The van der Waals surface area contributed by atoms with E-state index in [1.807, 2.05) is 37.3 Å². The summed E-state index contributed by atoms with van der Waals surface area (Å²) in [6.07, 6.45) is 0.886. The molecule has 0 spiro atoms. The average Bonchev–Trinajstić information content (AvgIpc) is 2.62. The summed E-state index contributed by atoms with van der Waals surface area (Å²) in [7, 11) is 3.28. The third kappa shape index (κ3) is 4.19. The maximum absolute atomic E-state index is 12.4. The Hall–Kier alpha value is -2.05. The van der Waals surface area contributed by atoms with E-state index >= 15 is 0 Å². The second-order valence-corrected chi connectivity index (χ2v) is 7.32. The molecule has 0 fully saturated rings. The maximum Gasteiger partial charge on any atom is 0.238 e. The number of ether oxygens (including phenoxy) is 2. The van der Waals surface area contributed by atoms with Crippen molar-refractivity contribution in [3.63, 3.8) is 0 Å². The van der Waals surface area contributed by atoms with Crippen LogP contribution in [0.2, 0.25) is 0 Å². The number of rotatable bonds is 5. The van der Waals surface area contributed by atoms with Crippen molar-refractivity contribution in [3.8, 4) is 11.5 Å². The fourth-order valence-corrected chi connectivity index (χ4v) is 3.78. The molecular weight excluding hydrogens is 396 g/mol. The van der Waals surface area contributed by atoms with Crippen LogP contribution in [0.3, 0.4) is 0 Å². The molecule has 26 heavy (non-hydrogen) atoms. The topological polar surface area (TPSA) is 50.8 Å². The minimum atomic E-state index is -0.0153. The van der Waals surface area contributed by atoms with Gasteiger partial charge in [-0.25, -0.2) is 0 Å². The predicted octanol–water partition coefficient (Wildman–Crippen LogP) is 3.77. The van der Waals surface area contributed by atoms with Crippen LogP contribution >= 0.6 is 15.9 Å². The summed E-state index contributed by atoms with van der Waals surface area (Å²) in [5.41, 5.74) is 4.37. The molecule has 1 heterocycles. The molecule has 0 aromatic heterocycles. The Morgan fingerprint density at radius 3 is 2.50 bits per heavy atom. The van der Waals surface area contributed by atoms with Gasteiger partial charge in [-0.2, -0.15) is 0 Å². The first-order chi connectivity index (χ1) is 12.5. The van der Waals surface area contributed by atoms with Gasteiger partial charge in [0.05, 0.1) is 26.5 Å². The number of hydrogen-bond acceptors (Lipinski definition) is 4. The Morgan fingerprint density at radius 1 is 1.15 bits per heavy atom. The summed E-state index contributed by atoms with van der Waals surface area (Å²) in [4.78, 5) is 14.6. The van der Waals surface area contributed by atoms with Gasteiger partial charge in [-0.1, -0.05) is 6.07 Å². The fraction of sp³-hybridized carbons (Fsp3) is 0.350. The van der Waals surface area contributed by atoms with Crippen molar-refractivity contribution in [2.45, 2.75) is 19.9 Å². The van der Waals surface area contributed by atoms with Gasteiger partial charge < -0.3 is 14.8 Å². The summed E-state index contributed by atoms with van der Waals surface area (Å²) in [5.74, 6) is 1.46. The van der Waals surface area contributed by atoms with Crippen molar-refractivity contribution in [2.24, 2.45) is 0 Å². The van der Waals surface area contributed by atoms with E-state index in [2.05, 4.69) is 26.1 Å². The van der Waals surface area contributed by atoms with Crippen LogP contribution in [0.1, 0.15) is 16.7 Å². The zero-order valence-corrected chi connectivity index (χ0v) is 16.9. The number of carbonyl (C=O) groups excluding carboxylic acids is 1. The summed E-state index contributed by atoms with van der Waals surface area (Å²) >= 11 is 3.50. The second-order valence-electron chi connectivity index (χ2n) is 6.47. The van der Waals surface area contributed by atoms with Crippen LogP contribution in [0.4, 0.5) is 5.69 Å². The van der Waals surface area contributed by atoms with Gasteiger partial charge in [0.2, 0.25) is 5.91 Å². The molecule has 1 aliphatic heterocycles. The Labute approximate surface area is 162 Å². The van der Waals surface area contributed by atoms with Crippen molar-refractivity contribution in [1.82, 2.24) is 4.90 Å². The fourth-order valence-electron chi connectivity index (χ4n) is 3.19. The third-order valence-corrected chi connectivity index (χ3v) is 5.22. The van der Waals surface area contributed by atoms with Crippen LogP contribution in [0.25, 0.3) is 0 Å². The highest BCUT2D eigenvalue weighted by molar-refractivity contribution is 9.10. The van der Waals surface area contributed by atoms with Crippen LogP contribution in [0, 0.1) is 6.92 Å². The number of nitrogens with one attached hydrogen (secondary N) is 1. The highest BCUT2D eigenvalue weighted by Gasteiger charge is 2.21. The number of methoxy groups -OCH3 is 2. The summed E-state index contributed by atoms with van der Waals surface area (Å²) in [6.45, 7) is 3.93. The highest BCUT2D eigenvalue weighted by atomic mass is 79.9. The molecule has 0 radical (unpaired) electrons. The molecule has 6 heteroatoms. The van der Waals surface area contributed by atoms with Gasteiger partial charge in [0, 0.05) is 17.6 Å². The van der Waals surface area contributed by atoms with Gasteiger partial charge in [0.25, 0.3) is 0 Å². The molecule has 2 aromatic rings. The van der Waals surface area contributed by atoms with Gasteiger partial charge >= 0.3 is 0 Å². The molecule has 0 saturated carbocycles. The number of halogens is 1. The number of hydrogen-bond donors (Lipinski definition) is 1. The molecule has 0 atom stereocenters. The molecule has 2 aromatic carbocycles. The first-order valence-corrected chi connectivity index (χ1v) is 9.31. The molecule has 3 rings (SSSR count). The molecule has 0 bridgehead atoms. The first-order valence-electron chi connectivity index (χ1n) is 8.52. The second kappa shape index (κ2) is 8.10. The lowest BCUT2D eigenvalue weighted by Gasteiger charge is -2.29. The Kier molecular flexibility index (Phi) is 5.84. The van der Waals surface area contributed by atoms with E-state index in [4.69, 9.17) is 9.47 Å². The van der Waals surface area contributed by atoms with Gasteiger partial charge in [-0.3, -0.25) is 9.69 Å². The largest absolute Gasteiger partial charge is 0.493 e. The minimum absolute atomic E-state index is 0.0153. The Bertz CT molecular complexity index is 823. The van der Waals surface area contributed by atoms with Crippen molar-refractivity contribution in [2.75, 3.05) is 32.6 Å². The van der Waals surface area contributed by atoms with Gasteiger partial charge in [-0.05, 0) is 70.2 Å². The number of aryl methyl sites for hydroxylation is 1. The summed E-state index contributed by atoms with van der Waals surface area (Å²) in [5, 5.41) is 2.98. The van der Waals surface area contributed by atoms with E-state index in [1.165, 1.54) is 11.1 Å². The first kappa shape index (κ1) is 18.7.